The van der Waals surface area contributed by atoms with Crippen molar-refractivity contribution in [2.75, 3.05) is 108 Å². The largest absolute Gasteiger partial charge is 0.495 e. The van der Waals surface area contributed by atoms with Crippen LogP contribution < -0.4 is 35.2 Å². The molecule has 4 N–H and O–H groups in total. The first-order valence-corrected chi connectivity index (χ1v) is 31.2. The number of hydrogen-bond acceptors (Lipinski definition) is 16. The average molecular weight is 1290 g/mol. The Kier molecular flexibility index (Phi) is 21.1. The summed E-state index contributed by atoms with van der Waals surface area (Å²) in [6, 6.07) is 29.5. The number of nitriles is 2. The van der Waals surface area contributed by atoms with Crippen LogP contribution in [-0.2, 0) is 37.4 Å². The summed E-state index contributed by atoms with van der Waals surface area (Å²) in [6.45, 7) is 10.8. The van der Waals surface area contributed by atoms with Crippen LogP contribution in [0.25, 0.3) is 10.8 Å². The highest BCUT2D eigenvalue weighted by atomic mass is 35.5. The molecule has 5 aromatic carbocycles. The van der Waals surface area contributed by atoms with Gasteiger partial charge in [0, 0.05) is 90.1 Å². The predicted octanol–water partition coefficient (Wildman–Crippen LogP) is 9.76. The third-order valence-electron chi connectivity index (χ3n) is 17.5. The summed E-state index contributed by atoms with van der Waals surface area (Å²) >= 11 is 12.5. The molecule has 4 aliphatic heterocycles. The monoisotopic (exact) mass is 1290 g/mol. The van der Waals surface area contributed by atoms with Gasteiger partial charge in [-0.3, -0.25) is 14.5 Å². The maximum atomic E-state index is 16.2. The van der Waals surface area contributed by atoms with Crippen LogP contribution in [0.15, 0.2) is 97.1 Å². The molecule has 7 atom stereocenters. The number of aromatic nitrogens is 2. The van der Waals surface area contributed by atoms with E-state index >= 15 is 8.78 Å². The quantitative estimate of drug-likeness (QED) is 0.0436. The van der Waals surface area contributed by atoms with Crippen molar-refractivity contribution in [2.45, 2.75) is 94.6 Å². The summed E-state index contributed by atoms with van der Waals surface area (Å²) in [6.07, 6.45) is 0.639. The zero-order chi connectivity index (χ0) is 64.6. The number of fused-ring (bicyclic) bond motifs is 2. The third-order valence-corrected chi connectivity index (χ3v) is 18.0. The topological polar surface area (TPSA) is 240 Å². The van der Waals surface area contributed by atoms with E-state index in [0.717, 1.165) is 46.1 Å². The predicted molar refractivity (Wildman–Crippen MR) is 341 cm³/mol. The number of likely N-dealkylation sites (tertiary alicyclic amines) is 1. The zero-order valence-corrected chi connectivity index (χ0v) is 53.0. The van der Waals surface area contributed by atoms with E-state index in [1.165, 1.54) is 60.5 Å². The van der Waals surface area contributed by atoms with Gasteiger partial charge in [-0.25, -0.2) is 13.6 Å². The third kappa shape index (κ3) is 14.9. The Bertz CT molecular complexity index is 3710. The number of methoxy groups -OCH3 is 1. The van der Waals surface area contributed by atoms with E-state index in [1.54, 1.807) is 0 Å². The Morgan fingerprint density at radius 3 is 2.41 bits per heavy atom. The van der Waals surface area contributed by atoms with Gasteiger partial charge in [0.15, 0.2) is 0 Å². The number of halogens is 4. The van der Waals surface area contributed by atoms with Crippen molar-refractivity contribution in [3.63, 3.8) is 0 Å². The smallest absolute Gasteiger partial charge is 0.407 e. The van der Waals surface area contributed by atoms with Gasteiger partial charge >= 0.3 is 12.1 Å². The number of carbonyl (C=O) groups is 3. The number of likely N-dealkylation sites (N-methyl/N-ethyl adjacent to an activating group) is 1. The Morgan fingerprint density at radius 2 is 1.65 bits per heavy atom. The molecule has 10 rings (SSSR count). The number of benzene rings is 5. The number of rotatable bonds is 23. The number of piperazine rings is 1. The minimum Gasteiger partial charge on any atom is -0.495 e. The fourth-order valence-electron chi connectivity index (χ4n) is 13.1. The molecule has 0 radical (unpaired) electrons. The van der Waals surface area contributed by atoms with Gasteiger partial charge in [0.25, 0.3) is 5.91 Å². The molecule has 24 heteroatoms. The van der Waals surface area contributed by atoms with Crippen LogP contribution in [0.3, 0.4) is 0 Å². The first-order chi connectivity index (χ1) is 43.8. The van der Waals surface area contributed by atoms with Gasteiger partial charge in [-0.2, -0.15) is 20.5 Å². The van der Waals surface area contributed by atoms with Crippen molar-refractivity contribution in [1.29, 1.82) is 10.5 Å². The van der Waals surface area contributed by atoms with Crippen LogP contribution in [0.5, 0.6) is 11.8 Å². The maximum absolute atomic E-state index is 16.2. The minimum absolute atomic E-state index is 0.0177. The summed E-state index contributed by atoms with van der Waals surface area (Å²) < 4.78 is 62.2. The molecule has 4 aliphatic rings. The number of nitrogens with zero attached hydrogens (tertiary/aromatic N) is 8. The normalized spacial score (nSPS) is 21.7. The Labute approximate surface area is 538 Å². The summed E-state index contributed by atoms with van der Waals surface area (Å²) in [4.78, 5) is 58.0. The lowest BCUT2D eigenvalue weighted by Crippen LogP contribution is -2.55. The fourth-order valence-corrected chi connectivity index (χ4v) is 13.5. The van der Waals surface area contributed by atoms with Crippen molar-refractivity contribution >= 4 is 69.1 Å². The van der Waals surface area contributed by atoms with Gasteiger partial charge < -0.3 is 59.4 Å². The van der Waals surface area contributed by atoms with E-state index in [1.807, 2.05) is 40.0 Å². The van der Waals surface area contributed by atoms with Crippen LogP contribution in [0.4, 0.5) is 30.8 Å². The molecule has 1 unspecified atom stereocenters. The van der Waals surface area contributed by atoms with E-state index in [2.05, 4.69) is 73.1 Å². The summed E-state index contributed by atoms with van der Waals surface area (Å²) in [7, 11) is 3.41. The lowest BCUT2D eigenvalue weighted by molar-refractivity contribution is -0.118. The van der Waals surface area contributed by atoms with Crippen molar-refractivity contribution in [2.24, 2.45) is 5.41 Å². The van der Waals surface area contributed by atoms with Crippen molar-refractivity contribution in [3.8, 4) is 23.9 Å². The first-order valence-electron chi connectivity index (χ1n) is 30.5. The number of hydrogen-bond donors (Lipinski definition) is 4. The summed E-state index contributed by atoms with van der Waals surface area (Å²) in [5.41, 5.74) is 1.02. The lowest BCUT2D eigenvalue weighted by atomic mass is 9.62. The second-order valence-corrected chi connectivity index (χ2v) is 25.4. The molecule has 1 aromatic heterocycles. The molecule has 0 aliphatic carbocycles. The van der Waals surface area contributed by atoms with E-state index < -0.39 is 64.4 Å². The highest BCUT2D eigenvalue weighted by Gasteiger charge is 2.61. The second-order valence-electron chi connectivity index (χ2n) is 24.6. The minimum atomic E-state index is -1.83. The number of amides is 3. The highest BCUT2D eigenvalue weighted by molar-refractivity contribution is 6.31. The average Bonchev–Trinajstić information content (AvgIpc) is 1.61. The molecule has 91 heavy (non-hydrogen) atoms. The summed E-state index contributed by atoms with van der Waals surface area (Å²) in [5, 5.41) is 41.9. The van der Waals surface area contributed by atoms with Gasteiger partial charge in [-0.1, -0.05) is 98.6 Å². The molecule has 3 saturated heterocycles. The standard InChI is InChI=1S/C67H75Cl2F2N11O9/c1-66(2,3)35-57-67(40-73,50-18-17-43(68)33-52(50)70)58(49-13-9-14-51(69)59(49)71)60(77-57)63(84)75-53-19-16-42(32-56(53)87-5)62(83)74-23-27-88-28-29-89-30-31-90-46-34-45(79(4)37-46)39-91-64-76-54-38-80(55-15-8-11-41-10-6-7-12-47(41)55)24-21-48(54)61(78-64)81-25-26-82(65(85)86)44(36-81)20-22-72/h6-19,32-33,44-46,57-58,60,77H,20-21,23-31,34-39H2,1-5H3,(H,74,83)(H,75,84)(H,85,86)/t44?,45-,46+,57-,58-,60+,67-/m0/s1. The van der Waals surface area contributed by atoms with Crippen LogP contribution in [0.2, 0.25) is 10.0 Å². The fraction of sp³-hybridized carbons (Fsp3) is 0.448. The molecule has 0 saturated carbocycles. The van der Waals surface area contributed by atoms with Crippen LogP contribution in [-0.4, -0.2) is 166 Å². The second kappa shape index (κ2) is 29.1. The molecule has 3 fully saturated rings. The Balaban J connectivity index is 0.680. The molecule has 5 heterocycles. The number of carbonyl (C=O) groups excluding carboxylic acids is 2. The lowest BCUT2D eigenvalue weighted by Gasteiger charge is -2.41. The molecule has 0 spiro atoms. The van der Waals surface area contributed by atoms with Crippen molar-refractivity contribution in [1.82, 2.24) is 30.4 Å². The molecule has 3 amide bonds. The number of nitrogens with one attached hydrogen (secondary N) is 3. The Morgan fingerprint density at radius 1 is 0.879 bits per heavy atom. The van der Waals surface area contributed by atoms with E-state index in [4.69, 9.17) is 56.9 Å². The molecular formula is C67H75Cl2F2N11O9. The number of carboxylic acid groups (broad SMARTS) is 1. The van der Waals surface area contributed by atoms with Crippen LogP contribution in [0.1, 0.15) is 78.7 Å². The van der Waals surface area contributed by atoms with Gasteiger partial charge in [-0.15, -0.1) is 0 Å². The Hall–Kier alpha value is -7.93. The highest BCUT2D eigenvalue weighted by Crippen LogP contribution is 2.53. The molecule has 480 valence electrons. The van der Waals surface area contributed by atoms with Crippen LogP contribution in [0, 0.1) is 39.7 Å². The summed E-state index contributed by atoms with van der Waals surface area (Å²) in [5.74, 6) is -3.15. The SMILES string of the molecule is COc1cc(C(=O)NCCOCCOCCO[C@@H]2C[C@@H](COc3nc4c(c(N5CCN(C(=O)O)C(CC#N)C5)n3)CCN(c3cccc5ccccc35)C4)N(C)C2)ccc1NC(=O)[C@@H]1N[C@@H](CC(C)(C)C)[C@](C#N)(c2ccc(Cl)cc2F)[C@H]1c1cccc(Cl)c1F. The van der Waals surface area contributed by atoms with Gasteiger partial charge in [0.2, 0.25) is 5.91 Å². The van der Waals surface area contributed by atoms with Gasteiger partial charge in [-0.05, 0) is 85.1 Å². The van der Waals surface area contributed by atoms with Crippen molar-refractivity contribution < 1.29 is 52.0 Å². The van der Waals surface area contributed by atoms with E-state index in [9.17, 15) is 30.0 Å². The molecule has 0 bridgehead atoms. The van der Waals surface area contributed by atoms with Crippen molar-refractivity contribution in [3.05, 3.63) is 147 Å². The molecular weight excluding hydrogens is 1210 g/mol. The first kappa shape index (κ1) is 66.0. The van der Waals surface area contributed by atoms with Gasteiger partial charge in [0.05, 0.1) is 99.8 Å². The van der Waals surface area contributed by atoms with E-state index in [-0.39, 0.29) is 95.5 Å². The molecule has 20 nitrogen and oxygen atoms in total. The number of ether oxygens (including phenoxy) is 5. The maximum Gasteiger partial charge on any atom is 0.407 e. The molecule has 6 aromatic rings. The zero-order valence-electron chi connectivity index (χ0n) is 51.5. The number of anilines is 3. The van der Waals surface area contributed by atoms with Gasteiger partial charge in [0.1, 0.15) is 35.2 Å². The van der Waals surface area contributed by atoms with Crippen LogP contribution >= 0.6 is 23.2 Å². The van der Waals surface area contributed by atoms with E-state index in [0.29, 0.717) is 65.4 Å².